The first-order valence-electron chi connectivity index (χ1n) is 10.1. The van der Waals surface area contributed by atoms with Gasteiger partial charge in [0.15, 0.2) is 0 Å². The van der Waals surface area contributed by atoms with Gasteiger partial charge in [-0.3, -0.25) is 0 Å². The Morgan fingerprint density at radius 1 is 0.933 bits per heavy atom. The lowest BCUT2D eigenvalue weighted by molar-refractivity contribution is 0.0161. The Labute approximate surface area is 175 Å². The lowest BCUT2D eigenvalue weighted by atomic mass is 10.2. The molecule has 1 atom stereocenters. The number of esters is 2. The van der Waals surface area contributed by atoms with Crippen molar-refractivity contribution in [3.8, 4) is 11.5 Å². The summed E-state index contributed by atoms with van der Waals surface area (Å²) in [5, 5.41) is 0. The van der Waals surface area contributed by atoms with E-state index in [1.807, 2.05) is 6.92 Å². The van der Waals surface area contributed by atoms with Gasteiger partial charge in [-0.25, -0.2) is 9.59 Å². The maximum absolute atomic E-state index is 12.3. The molecule has 1 saturated heterocycles. The standard InChI is InChI=1S/C23H26O7/c1-2-26-14-15-28-19-9-5-18(6-10-19)23(25)30-20-11-7-17(8-12-20)22(24)29-16-21-4-3-13-27-21/h5-12,21H,2-4,13-16H2,1H3. The number of carbonyl (C=O) groups is 2. The summed E-state index contributed by atoms with van der Waals surface area (Å²) < 4.78 is 26.8. The van der Waals surface area contributed by atoms with Crippen LogP contribution in [0.5, 0.6) is 11.5 Å². The summed E-state index contributed by atoms with van der Waals surface area (Å²) in [7, 11) is 0. The van der Waals surface area contributed by atoms with Gasteiger partial charge in [-0.2, -0.15) is 0 Å². The Morgan fingerprint density at radius 2 is 1.60 bits per heavy atom. The van der Waals surface area contributed by atoms with E-state index in [9.17, 15) is 9.59 Å². The van der Waals surface area contributed by atoms with Crippen molar-refractivity contribution in [1.29, 1.82) is 0 Å². The van der Waals surface area contributed by atoms with Crippen molar-refractivity contribution >= 4 is 11.9 Å². The van der Waals surface area contributed by atoms with E-state index < -0.39 is 11.9 Å². The minimum atomic E-state index is -0.496. The number of benzene rings is 2. The van der Waals surface area contributed by atoms with E-state index >= 15 is 0 Å². The molecule has 1 unspecified atom stereocenters. The van der Waals surface area contributed by atoms with Crippen LogP contribution >= 0.6 is 0 Å². The number of hydrogen-bond acceptors (Lipinski definition) is 7. The molecule has 2 aromatic carbocycles. The molecule has 0 radical (unpaired) electrons. The van der Waals surface area contributed by atoms with Crippen LogP contribution in [-0.2, 0) is 14.2 Å². The van der Waals surface area contributed by atoms with Gasteiger partial charge in [0.2, 0.25) is 0 Å². The van der Waals surface area contributed by atoms with E-state index in [1.165, 1.54) is 0 Å². The fourth-order valence-corrected chi connectivity index (χ4v) is 2.90. The fourth-order valence-electron chi connectivity index (χ4n) is 2.90. The van der Waals surface area contributed by atoms with E-state index in [0.717, 1.165) is 12.8 Å². The first-order chi connectivity index (χ1) is 14.7. The highest BCUT2D eigenvalue weighted by molar-refractivity contribution is 5.92. The molecule has 3 rings (SSSR count). The third-order valence-corrected chi connectivity index (χ3v) is 4.52. The molecule has 7 heteroatoms. The Hall–Kier alpha value is -2.90. The summed E-state index contributed by atoms with van der Waals surface area (Å²) in [6.45, 7) is 4.49. The Kier molecular flexibility index (Phi) is 8.23. The van der Waals surface area contributed by atoms with Gasteiger partial charge in [0.25, 0.3) is 0 Å². The van der Waals surface area contributed by atoms with Crippen LogP contribution in [0.4, 0.5) is 0 Å². The molecule has 0 bridgehead atoms. The summed E-state index contributed by atoms with van der Waals surface area (Å²) in [4.78, 5) is 24.4. The number of carbonyl (C=O) groups excluding carboxylic acids is 2. The van der Waals surface area contributed by atoms with Crippen molar-refractivity contribution in [2.24, 2.45) is 0 Å². The molecule has 7 nitrogen and oxygen atoms in total. The molecule has 0 spiro atoms. The highest BCUT2D eigenvalue weighted by atomic mass is 16.6. The summed E-state index contributed by atoms with van der Waals surface area (Å²) in [6, 6.07) is 12.9. The van der Waals surface area contributed by atoms with Gasteiger partial charge in [0.1, 0.15) is 24.7 Å². The first-order valence-corrected chi connectivity index (χ1v) is 10.1. The molecule has 160 valence electrons. The van der Waals surface area contributed by atoms with E-state index in [0.29, 0.717) is 49.1 Å². The molecule has 0 saturated carbocycles. The van der Waals surface area contributed by atoms with Gasteiger partial charge in [0, 0.05) is 13.2 Å². The second-order valence-electron chi connectivity index (χ2n) is 6.72. The van der Waals surface area contributed by atoms with Crippen molar-refractivity contribution in [2.75, 3.05) is 33.0 Å². The maximum Gasteiger partial charge on any atom is 0.343 e. The molecule has 2 aromatic rings. The highest BCUT2D eigenvalue weighted by Gasteiger charge is 2.18. The Morgan fingerprint density at radius 3 is 2.23 bits per heavy atom. The van der Waals surface area contributed by atoms with Gasteiger partial charge in [-0.1, -0.05) is 0 Å². The minimum absolute atomic E-state index is 0.0179. The van der Waals surface area contributed by atoms with Gasteiger partial charge in [-0.05, 0) is 68.3 Å². The van der Waals surface area contributed by atoms with Crippen LogP contribution in [0.1, 0.15) is 40.5 Å². The first kappa shape index (κ1) is 21.8. The molecule has 1 fully saturated rings. The molecule has 0 aliphatic carbocycles. The molecule has 30 heavy (non-hydrogen) atoms. The second-order valence-corrected chi connectivity index (χ2v) is 6.72. The van der Waals surface area contributed by atoms with Crippen LogP contribution in [0.15, 0.2) is 48.5 Å². The van der Waals surface area contributed by atoms with Crippen LogP contribution in [-0.4, -0.2) is 51.1 Å². The highest BCUT2D eigenvalue weighted by Crippen LogP contribution is 2.18. The third kappa shape index (κ3) is 6.57. The average Bonchev–Trinajstić information content (AvgIpc) is 3.30. The number of ether oxygens (including phenoxy) is 5. The molecule has 0 amide bonds. The SMILES string of the molecule is CCOCCOc1ccc(C(=O)Oc2ccc(C(=O)OCC3CCCO3)cc2)cc1. The lowest BCUT2D eigenvalue weighted by Gasteiger charge is -2.10. The molecule has 0 aromatic heterocycles. The normalized spacial score (nSPS) is 15.6. The Balaban J connectivity index is 1.47. The molecule has 1 aliphatic heterocycles. The zero-order chi connectivity index (χ0) is 21.2. The molecular formula is C23H26O7. The Bertz CT molecular complexity index is 808. The topological polar surface area (TPSA) is 80.3 Å². The van der Waals surface area contributed by atoms with Gasteiger partial charge < -0.3 is 23.7 Å². The summed E-state index contributed by atoms with van der Waals surface area (Å²) in [5.41, 5.74) is 0.786. The number of rotatable bonds is 10. The van der Waals surface area contributed by atoms with E-state index in [-0.39, 0.29) is 12.7 Å². The molecule has 1 aliphatic rings. The maximum atomic E-state index is 12.3. The van der Waals surface area contributed by atoms with Crippen LogP contribution in [0, 0.1) is 0 Å². The average molecular weight is 414 g/mol. The zero-order valence-corrected chi connectivity index (χ0v) is 17.0. The van der Waals surface area contributed by atoms with Crippen molar-refractivity contribution in [3.63, 3.8) is 0 Å². The van der Waals surface area contributed by atoms with Gasteiger partial charge in [0.05, 0.1) is 23.8 Å². The third-order valence-electron chi connectivity index (χ3n) is 4.52. The smallest absolute Gasteiger partial charge is 0.343 e. The largest absolute Gasteiger partial charge is 0.491 e. The fraction of sp³-hybridized carbons (Fsp3) is 0.391. The monoisotopic (exact) mass is 414 g/mol. The second kappa shape index (κ2) is 11.3. The van der Waals surface area contributed by atoms with Crippen molar-refractivity contribution in [2.45, 2.75) is 25.9 Å². The zero-order valence-electron chi connectivity index (χ0n) is 17.0. The number of hydrogen-bond donors (Lipinski definition) is 0. The summed E-state index contributed by atoms with van der Waals surface area (Å²) in [6.07, 6.45) is 1.88. The minimum Gasteiger partial charge on any atom is -0.491 e. The quantitative estimate of drug-likeness (QED) is 0.333. The predicted molar refractivity (Wildman–Crippen MR) is 109 cm³/mol. The van der Waals surface area contributed by atoms with Crippen LogP contribution in [0.2, 0.25) is 0 Å². The van der Waals surface area contributed by atoms with E-state index in [4.69, 9.17) is 23.7 Å². The van der Waals surface area contributed by atoms with Crippen LogP contribution in [0.25, 0.3) is 0 Å². The van der Waals surface area contributed by atoms with E-state index in [2.05, 4.69) is 0 Å². The summed E-state index contributed by atoms with van der Waals surface area (Å²) >= 11 is 0. The predicted octanol–water partition coefficient (Wildman–Crippen LogP) is 3.66. The molecule has 1 heterocycles. The lowest BCUT2D eigenvalue weighted by Crippen LogP contribution is -2.17. The van der Waals surface area contributed by atoms with Crippen molar-refractivity contribution in [3.05, 3.63) is 59.7 Å². The van der Waals surface area contributed by atoms with E-state index in [1.54, 1.807) is 48.5 Å². The van der Waals surface area contributed by atoms with Crippen LogP contribution < -0.4 is 9.47 Å². The van der Waals surface area contributed by atoms with Crippen molar-refractivity contribution < 1.29 is 33.3 Å². The van der Waals surface area contributed by atoms with Gasteiger partial charge in [-0.15, -0.1) is 0 Å². The van der Waals surface area contributed by atoms with Crippen molar-refractivity contribution in [1.82, 2.24) is 0 Å². The summed E-state index contributed by atoms with van der Waals surface area (Å²) in [5.74, 6) is 0.0673. The van der Waals surface area contributed by atoms with Gasteiger partial charge >= 0.3 is 11.9 Å². The molecular weight excluding hydrogens is 388 g/mol. The molecule has 0 N–H and O–H groups in total. The van der Waals surface area contributed by atoms with Crippen LogP contribution in [0.3, 0.4) is 0 Å².